The highest BCUT2D eigenvalue weighted by Crippen LogP contribution is 2.17. The minimum Gasteiger partial charge on any atom is -0.391 e. The summed E-state index contributed by atoms with van der Waals surface area (Å²) < 4.78 is 27.1. The molecule has 0 aliphatic heterocycles. The Morgan fingerprint density at radius 1 is 1.07 bits per heavy atom. The van der Waals surface area contributed by atoms with Crippen LogP contribution in [0.1, 0.15) is 30.9 Å². The summed E-state index contributed by atoms with van der Waals surface area (Å²) >= 11 is 0. The molecule has 0 aliphatic rings. The SMILES string of the molecule is CCCCN(/C=C/CO/N=C/c1ccccc1)S(=O)(=O)c1ccc(C)cc1. The van der Waals surface area contributed by atoms with Crippen LogP contribution in [0.15, 0.2) is 76.9 Å². The number of hydrogen-bond donors (Lipinski definition) is 0. The molecule has 0 N–H and O–H groups in total. The van der Waals surface area contributed by atoms with Gasteiger partial charge in [-0.25, -0.2) is 8.42 Å². The Morgan fingerprint density at radius 3 is 2.44 bits per heavy atom. The Hall–Kier alpha value is -2.60. The highest BCUT2D eigenvalue weighted by molar-refractivity contribution is 7.89. The predicted molar refractivity (Wildman–Crippen MR) is 109 cm³/mol. The van der Waals surface area contributed by atoms with Gasteiger partial charge in [0.1, 0.15) is 6.61 Å². The molecule has 0 saturated carbocycles. The monoisotopic (exact) mass is 386 g/mol. The minimum absolute atomic E-state index is 0.190. The van der Waals surface area contributed by atoms with Crippen molar-refractivity contribution in [3.05, 3.63) is 78.0 Å². The Labute approximate surface area is 162 Å². The van der Waals surface area contributed by atoms with Crippen LogP contribution in [-0.4, -0.2) is 32.1 Å². The third-order valence-corrected chi connectivity index (χ3v) is 5.67. The van der Waals surface area contributed by atoms with Crippen LogP contribution in [-0.2, 0) is 14.9 Å². The highest BCUT2D eigenvalue weighted by Gasteiger charge is 2.20. The van der Waals surface area contributed by atoms with E-state index in [2.05, 4.69) is 5.16 Å². The van der Waals surface area contributed by atoms with Crippen LogP contribution in [0.4, 0.5) is 0 Å². The molecular weight excluding hydrogens is 360 g/mol. The van der Waals surface area contributed by atoms with E-state index in [9.17, 15) is 8.42 Å². The van der Waals surface area contributed by atoms with E-state index in [1.165, 1.54) is 4.31 Å². The van der Waals surface area contributed by atoms with Crippen molar-refractivity contribution in [1.29, 1.82) is 0 Å². The second-order valence-electron chi connectivity index (χ2n) is 6.11. The highest BCUT2D eigenvalue weighted by atomic mass is 32.2. The predicted octanol–water partition coefficient (Wildman–Crippen LogP) is 4.35. The standard InChI is InChI=1S/C21H26N2O3S/c1-3-4-15-23(27(24,25)21-13-11-19(2)12-14-21)16-8-17-26-22-18-20-9-6-5-7-10-20/h5-14,16,18H,3-4,15,17H2,1-2H3/b16-8+,22-18+. The second-order valence-corrected chi connectivity index (χ2v) is 8.00. The Kier molecular flexibility index (Phi) is 8.07. The lowest BCUT2D eigenvalue weighted by Crippen LogP contribution is -2.27. The smallest absolute Gasteiger partial charge is 0.263 e. The van der Waals surface area contributed by atoms with E-state index in [4.69, 9.17) is 4.84 Å². The summed E-state index contributed by atoms with van der Waals surface area (Å²) in [5.41, 5.74) is 1.96. The molecular formula is C21H26N2O3S. The molecule has 0 spiro atoms. The molecule has 0 amide bonds. The summed E-state index contributed by atoms with van der Waals surface area (Å²) in [7, 11) is -3.57. The van der Waals surface area contributed by atoms with Crippen molar-refractivity contribution in [2.45, 2.75) is 31.6 Å². The van der Waals surface area contributed by atoms with E-state index in [0.29, 0.717) is 6.54 Å². The quantitative estimate of drug-likeness (QED) is 0.346. The van der Waals surface area contributed by atoms with Crippen LogP contribution >= 0.6 is 0 Å². The van der Waals surface area contributed by atoms with Gasteiger partial charge in [0.25, 0.3) is 10.0 Å². The molecule has 0 heterocycles. The van der Waals surface area contributed by atoms with E-state index >= 15 is 0 Å². The summed E-state index contributed by atoms with van der Waals surface area (Å²) in [6.45, 7) is 4.58. The average molecular weight is 387 g/mol. The first-order chi connectivity index (χ1) is 13.0. The third-order valence-electron chi connectivity index (χ3n) is 3.88. The maximum absolute atomic E-state index is 12.9. The fourth-order valence-corrected chi connectivity index (χ4v) is 3.68. The van der Waals surface area contributed by atoms with Gasteiger partial charge in [-0.05, 0) is 37.1 Å². The molecule has 27 heavy (non-hydrogen) atoms. The van der Waals surface area contributed by atoms with Gasteiger partial charge in [-0.15, -0.1) is 0 Å². The number of nitrogens with zero attached hydrogens (tertiary/aromatic N) is 2. The first-order valence-corrected chi connectivity index (χ1v) is 10.4. The van der Waals surface area contributed by atoms with Gasteiger partial charge in [0.2, 0.25) is 0 Å². The van der Waals surface area contributed by atoms with Crippen LogP contribution < -0.4 is 0 Å². The molecule has 0 radical (unpaired) electrons. The Balaban J connectivity index is 1.99. The van der Waals surface area contributed by atoms with Gasteiger partial charge in [-0.2, -0.15) is 0 Å². The Morgan fingerprint density at radius 2 is 1.78 bits per heavy atom. The van der Waals surface area contributed by atoms with Crippen molar-refractivity contribution >= 4 is 16.2 Å². The molecule has 2 rings (SSSR count). The zero-order valence-corrected chi connectivity index (χ0v) is 16.6. The van der Waals surface area contributed by atoms with Crippen molar-refractivity contribution in [3.8, 4) is 0 Å². The van der Waals surface area contributed by atoms with Crippen LogP contribution in [0.5, 0.6) is 0 Å². The van der Waals surface area contributed by atoms with Crippen molar-refractivity contribution < 1.29 is 13.3 Å². The van der Waals surface area contributed by atoms with Gasteiger partial charge in [-0.3, -0.25) is 4.31 Å². The summed E-state index contributed by atoms with van der Waals surface area (Å²) in [6.07, 6.45) is 6.52. The molecule has 2 aromatic rings. The zero-order chi connectivity index (χ0) is 19.5. The van der Waals surface area contributed by atoms with Crippen molar-refractivity contribution in [2.75, 3.05) is 13.2 Å². The van der Waals surface area contributed by atoms with Gasteiger partial charge < -0.3 is 4.84 Å². The lowest BCUT2D eigenvalue weighted by molar-refractivity contribution is 0.176. The number of hydrogen-bond acceptors (Lipinski definition) is 4. The maximum Gasteiger partial charge on any atom is 0.263 e. The summed E-state index contributed by atoms with van der Waals surface area (Å²) in [5.74, 6) is 0. The number of oxime groups is 1. The van der Waals surface area contributed by atoms with E-state index < -0.39 is 10.0 Å². The lowest BCUT2D eigenvalue weighted by Gasteiger charge is -2.20. The topological polar surface area (TPSA) is 59.0 Å². The molecule has 6 heteroatoms. The van der Waals surface area contributed by atoms with Crippen LogP contribution in [0, 0.1) is 6.92 Å². The van der Waals surface area contributed by atoms with Gasteiger partial charge in [0, 0.05) is 12.7 Å². The maximum atomic E-state index is 12.9. The first-order valence-electron chi connectivity index (χ1n) is 8.99. The molecule has 0 aromatic heterocycles. The molecule has 5 nitrogen and oxygen atoms in total. The average Bonchev–Trinajstić information content (AvgIpc) is 2.67. The van der Waals surface area contributed by atoms with E-state index in [1.807, 2.05) is 44.2 Å². The number of benzene rings is 2. The molecule has 144 valence electrons. The number of rotatable bonds is 10. The van der Waals surface area contributed by atoms with Crippen molar-refractivity contribution in [2.24, 2.45) is 5.16 Å². The Bertz CT molecular complexity index is 845. The van der Waals surface area contributed by atoms with Gasteiger partial charge in [0.05, 0.1) is 11.1 Å². The van der Waals surface area contributed by atoms with Crippen molar-refractivity contribution in [1.82, 2.24) is 4.31 Å². The molecule has 0 saturated heterocycles. The normalized spacial score (nSPS) is 11.9. The van der Waals surface area contributed by atoms with Gasteiger partial charge in [-0.1, -0.05) is 66.5 Å². The van der Waals surface area contributed by atoms with Crippen LogP contribution in [0.25, 0.3) is 0 Å². The molecule has 0 aliphatic carbocycles. The number of unbranched alkanes of at least 4 members (excludes halogenated alkanes) is 1. The van der Waals surface area contributed by atoms with Crippen molar-refractivity contribution in [3.63, 3.8) is 0 Å². The van der Waals surface area contributed by atoms with E-state index in [-0.39, 0.29) is 11.5 Å². The van der Waals surface area contributed by atoms with E-state index in [1.54, 1.807) is 42.8 Å². The lowest BCUT2D eigenvalue weighted by atomic mass is 10.2. The number of sulfonamides is 1. The fraction of sp³-hybridized carbons (Fsp3) is 0.286. The largest absolute Gasteiger partial charge is 0.391 e. The van der Waals surface area contributed by atoms with Gasteiger partial charge >= 0.3 is 0 Å². The summed E-state index contributed by atoms with van der Waals surface area (Å²) in [4.78, 5) is 5.48. The molecule has 0 bridgehead atoms. The molecule has 0 fully saturated rings. The first kappa shape index (κ1) is 20.7. The summed E-state index contributed by atoms with van der Waals surface area (Å²) in [6, 6.07) is 16.5. The third kappa shape index (κ3) is 6.57. The zero-order valence-electron chi connectivity index (χ0n) is 15.8. The van der Waals surface area contributed by atoms with Crippen LogP contribution in [0.3, 0.4) is 0 Å². The molecule has 0 unspecified atom stereocenters. The second kappa shape index (κ2) is 10.5. The fourth-order valence-electron chi connectivity index (χ4n) is 2.32. The minimum atomic E-state index is -3.57. The van der Waals surface area contributed by atoms with E-state index in [0.717, 1.165) is 24.0 Å². The molecule has 2 aromatic carbocycles. The van der Waals surface area contributed by atoms with Crippen LogP contribution in [0.2, 0.25) is 0 Å². The molecule has 0 atom stereocenters. The van der Waals surface area contributed by atoms with Gasteiger partial charge in [0.15, 0.2) is 0 Å². The summed E-state index contributed by atoms with van der Waals surface area (Å²) in [5, 5.41) is 3.89. The number of aryl methyl sites for hydroxylation is 1.